The number of ether oxygens (including phenoxy) is 7. The smallest absolute Gasteiger partial charge is 0.316 e. The van der Waals surface area contributed by atoms with Crippen LogP contribution in [0.4, 0.5) is 0 Å². The molecule has 16 nitrogen and oxygen atoms in total. The van der Waals surface area contributed by atoms with Crippen LogP contribution in [0.3, 0.4) is 0 Å². The van der Waals surface area contributed by atoms with Crippen molar-refractivity contribution in [3.05, 3.63) is 57.6 Å². The second-order valence-electron chi connectivity index (χ2n) is 16.3. The number of rotatable bonds is 9. The summed E-state index contributed by atoms with van der Waals surface area (Å²) in [6.07, 6.45) is -6.64. The van der Waals surface area contributed by atoms with Crippen LogP contribution in [0.5, 0.6) is 11.5 Å². The molecule has 16 heteroatoms. The van der Waals surface area contributed by atoms with Crippen LogP contribution < -0.4 is 0 Å². The number of fused-ring (bicyclic) bond motifs is 3. The molecule has 4 N–H and O–H groups in total. The minimum absolute atomic E-state index is 0.00573. The van der Waals surface area contributed by atoms with Gasteiger partial charge in [0, 0.05) is 54.8 Å². The van der Waals surface area contributed by atoms with Crippen molar-refractivity contribution in [2.24, 2.45) is 0 Å². The molecule has 2 aromatic rings. The fraction of sp³-hybridized carbons (Fsp3) is 0.619. The number of carbonyl (C=O) groups excluding carboxylic acids is 4. The van der Waals surface area contributed by atoms with E-state index in [1.807, 2.05) is 19.0 Å². The molecule has 3 heterocycles. The highest BCUT2D eigenvalue weighted by Crippen LogP contribution is 2.54. The molecule has 7 rings (SSSR count). The first-order valence-corrected chi connectivity index (χ1v) is 19.9. The number of hydrogen-bond acceptors (Lipinski definition) is 16. The van der Waals surface area contributed by atoms with Gasteiger partial charge in [0.15, 0.2) is 30.4 Å². The molecule has 3 saturated heterocycles. The molecule has 0 saturated carbocycles. The molecule has 13 atom stereocenters. The molecule has 58 heavy (non-hydrogen) atoms. The number of aliphatic hydroxyl groups excluding tert-OH is 1. The van der Waals surface area contributed by atoms with Crippen molar-refractivity contribution in [3.63, 3.8) is 0 Å². The lowest BCUT2D eigenvalue weighted by Crippen LogP contribution is -2.58. The molecule has 0 aromatic heterocycles. The molecule has 0 amide bonds. The van der Waals surface area contributed by atoms with Crippen LogP contribution in [-0.4, -0.2) is 137 Å². The third kappa shape index (κ3) is 7.47. The minimum atomic E-state index is -1.76. The highest BCUT2D eigenvalue weighted by molar-refractivity contribution is 6.30. The van der Waals surface area contributed by atoms with Gasteiger partial charge in [-0.05, 0) is 59.0 Å². The normalized spacial score (nSPS) is 36.3. The molecule has 1 unspecified atom stereocenters. The highest BCUT2D eigenvalue weighted by atomic mass is 16.7. The average Bonchev–Trinajstić information content (AvgIpc) is 3.17. The average molecular weight is 812 g/mol. The van der Waals surface area contributed by atoms with Gasteiger partial charge in [0.25, 0.3) is 0 Å². The minimum Gasteiger partial charge on any atom is -0.507 e. The molecule has 0 bridgehead atoms. The predicted molar refractivity (Wildman–Crippen MR) is 201 cm³/mol. The van der Waals surface area contributed by atoms with E-state index in [0.717, 1.165) is 0 Å². The summed E-state index contributed by atoms with van der Waals surface area (Å²) in [5, 5.41) is 45.9. The van der Waals surface area contributed by atoms with Gasteiger partial charge >= 0.3 is 5.97 Å². The Hall–Kier alpha value is -3.84. The van der Waals surface area contributed by atoms with E-state index in [-0.39, 0.29) is 70.9 Å². The van der Waals surface area contributed by atoms with Gasteiger partial charge in [-0.2, -0.15) is 0 Å². The Morgan fingerprint density at radius 2 is 1.57 bits per heavy atom. The van der Waals surface area contributed by atoms with E-state index < -0.39 is 102 Å². The Kier molecular flexibility index (Phi) is 11.9. The summed E-state index contributed by atoms with van der Waals surface area (Å²) in [4.78, 5) is 55.0. The van der Waals surface area contributed by atoms with Gasteiger partial charge in [0.05, 0.1) is 48.3 Å². The maximum Gasteiger partial charge on any atom is 0.316 e. The molecule has 316 valence electrons. The second kappa shape index (κ2) is 16.3. The summed E-state index contributed by atoms with van der Waals surface area (Å²) in [6, 6.07) is 5.11. The quantitative estimate of drug-likeness (QED) is 0.228. The van der Waals surface area contributed by atoms with E-state index >= 15 is 0 Å². The van der Waals surface area contributed by atoms with Crippen LogP contribution >= 0.6 is 0 Å². The van der Waals surface area contributed by atoms with Gasteiger partial charge in [-0.1, -0.05) is 19.1 Å². The number of aliphatic hydroxyl groups is 2. The molecule has 3 aliphatic heterocycles. The van der Waals surface area contributed by atoms with Gasteiger partial charge in [-0.15, -0.1) is 0 Å². The van der Waals surface area contributed by atoms with Crippen molar-refractivity contribution in [3.8, 4) is 11.5 Å². The number of methoxy groups -OCH3 is 1. The number of hydrogen-bond donors (Lipinski definition) is 4. The summed E-state index contributed by atoms with van der Waals surface area (Å²) in [7, 11) is 4.91. The van der Waals surface area contributed by atoms with Crippen molar-refractivity contribution in [1.82, 2.24) is 4.90 Å². The van der Waals surface area contributed by atoms with Crippen molar-refractivity contribution in [1.29, 1.82) is 0 Å². The van der Waals surface area contributed by atoms with Crippen LogP contribution in [0.1, 0.15) is 121 Å². The molecular formula is C42H53NO15. The fourth-order valence-electron chi connectivity index (χ4n) is 9.27. The van der Waals surface area contributed by atoms with Crippen LogP contribution in [-0.2, 0) is 42.7 Å². The number of benzene rings is 2. The zero-order valence-corrected chi connectivity index (χ0v) is 33.7. The molecule has 0 spiro atoms. The molecule has 0 radical (unpaired) electrons. The lowest BCUT2D eigenvalue weighted by molar-refractivity contribution is -0.324. The first-order valence-electron chi connectivity index (χ1n) is 19.9. The van der Waals surface area contributed by atoms with E-state index in [0.29, 0.717) is 12.8 Å². The first kappa shape index (κ1) is 42.3. The number of aromatic hydroxyl groups is 2. The van der Waals surface area contributed by atoms with Crippen molar-refractivity contribution >= 4 is 23.3 Å². The third-order valence-corrected chi connectivity index (χ3v) is 12.4. The van der Waals surface area contributed by atoms with E-state index in [2.05, 4.69) is 0 Å². The first-order chi connectivity index (χ1) is 27.5. The van der Waals surface area contributed by atoms with Gasteiger partial charge in [-0.25, -0.2) is 0 Å². The molecule has 2 aliphatic carbocycles. The SMILES string of the molecule is CC[C@@]1(O)C[C@H](O[C@H]2C[C@H](N(C)C)[C@H](O[C@H]3C[C@H](O)C(O[C@H]4CCC(=O)[C@H](C)O4)[C@H](C)O3)[C@H](C)O2)c2c(cc3c(c2O)C(=O)c2c(O)cccc2C3=O)[C@H]1C(=O)OC. The monoisotopic (exact) mass is 811 g/mol. The van der Waals surface area contributed by atoms with E-state index in [1.54, 1.807) is 27.7 Å². The summed E-state index contributed by atoms with van der Waals surface area (Å²) < 4.78 is 42.6. The number of nitrogens with zero attached hydrogens (tertiary/aromatic N) is 1. The summed E-state index contributed by atoms with van der Waals surface area (Å²) in [5.74, 6) is -4.59. The Bertz CT molecular complexity index is 1940. The number of esters is 1. The van der Waals surface area contributed by atoms with Crippen LogP contribution in [0, 0.1) is 0 Å². The Morgan fingerprint density at radius 1 is 0.897 bits per heavy atom. The lowest BCUT2D eigenvalue weighted by Gasteiger charge is -2.48. The standard InChI is InChI=1S/C42H53NO15/c1-8-42(51)17-28(33-22(35(42)41(50)52-7)14-23-34(38(33)49)37(48)32-21(36(23)47)10-9-11-26(32)45)56-30-15-24(43(5)6)39(19(3)54-30)58-31-16-27(46)40(20(4)55-31)57-29-13-12-25(44)18(2)53-29/h9-11,14,18-20,24,27-31,35,39-40,45-46,49,51H,8,12-13,15-17H2,1-7H3/t18-,19-,20-,24-,27-,28-,29-,30-,31-,35-,39+,40?,42+/m0/s1. The largest absolute Gasteiger partial charge is 0.507 e. The van der Waals surface area contributed by atoms with Crippen LogP contribution in [0.25, 0.3) is 0 Å². The summed E-state index contributed by atoms with van der Waals surface area (Å²) >= 11 is 0. The predicted octanol–water partition coefficient (Wildman–Crippen LogP) is 3.16. The van der Waals surface area contributed by atoms with E-state index in [4.69, 9.17) is 33.2 Å². The van der Waals surface area contributed by atoms with E-state index in [1.165, 1.54) is 31.4 Å². The Labute approximate surface area is 336 Å². The number of Topliss-reactive ketones (excluding diaryl/α,β-unsaturated/α-hetero) is 1. The van der Waals surface area contributed by atoms with Gasteiger partial charge < -0.3 is 58.5 Å². The maximum atomic E-state index is 13.9. The highest BCUT2D eigenvalue weighted by Gasteiger charge is 2.53. The number of ketones is 3. The summed E-state index contributed by atoms with van der Waals surface area (Å²) in [5.41, 5.74) is -2.49. The molecule has 5 aliphatic rings. The maximum absolute atomic E-state index is 13.9. The number of carbonyl (C=O) groups is 4. The van der Waals surface area contributed by atoms with E-state index in [9.17, 15) is 39.6 Å². The third-order valence-electron chi connectivity index (χ3n) is 12.4. The number of likely N-dealkylation sites (N-methyl/N-ethyl adjacent to an activating group) is 1. The number of phenolic OH excluding ortho intramolecular Hbond substituents is 2. The lowest BCUT2D eigenvalue weighted by atomic mass is 9.67. The van der Waals surface area contributed by atoms with Crippen molar-refractivity contribution in [2.45, 2.75) is 145 Å². The fourth-order valence-corrected chi connectivity index (χ4v) is 9.27. The van der Waals surface area contributed by atoms with Crippen molar-refractivity contribution < 1.29 is 72.8 Å². The van der Waals surface area contributed by atoms with Crippen LogP contribution in [0.2, 0.25) is 0 Å². The number of phenols is 2. The Morgan fingerprint density at radius 3 is 2.21 bits per heavy atom. The van der Waals surface area contributed by atoms with Gasteiger partial charge in [-0.3, -0.25) is 19.2 Å². The van der Waals surface area contributed by atoms with Gasteiger partial charge in [0.1, 0.15) is 35.7 Å². The van der Waals surface area contributed by atoms with Gasteiger partial charge in [0.2, 0.25) is 5.78 Å². The Balaban J connectivity index is 1.13. The molecular weight excluding hydrogens is 758 g/mol. The second-order valence-corrected chi connectivity index (χ2v) is 16.3. The van der Waals surface area contributed by atoms with Crippen LogP contribution in [0.15, 0.2) is 24.3 Å². The summed E-state index contributed by atoms with van der Waals surface area (Å²) in [6.45, 7) is 6.95. The topological polar surface area (TPSA) is 217 Å². The molecule has 3 fully saturated rings. The zero-order chi connectivity index (χ0) is 42.0. The zero-order valence-electron chi connectivity index (χ0n) is 33.7. The molecule has 2 aromatic carbocycles. The van der Waals surface area contributed by atoms with Crippen molar-refractivity contribution in [2.75, 3.05) is 21.2 Å².